The Kier molecular flexibility index (Phi) is 8.18. The first kappa shape index (κ1) is 26.1. The average Bonchev–Trinajstić information content (AvgIpc) is 3.05. The van der Waals surface area contributed by atoms with Crippen molar-refractivity contribution in [1.82, 2.24) is 9.47 Å². The van der Waals surface area contributed by atoms with Crippen LogP contribution in [-0.2, 0) is 22.5 Å². The standard InChI is InChI=1S/C32H38N2O4/c1-23-30-21-29(38-24(2)35)15-16-31(30)34(32(23)26-9-11-27(36)12-10-26)22-25-7-13-28(14-8-25)37-20-19-33-17-5-3-4-6-18-33/h7-16,29,36H,3-6,17-22H2,1-2H3. The molecule has 200 valence electrons. The van der Waals surface area contributed by atoms with E-state index in [2.05, 4.69) is 46.7 Å². The van der Waals surface area contributed by atoms with Crippen LogP contribution in [0, 0.1) is 6.92 Å². The summed E-state index contributed by atoms with van der Waals surface area (Å²) in [6.07, 6.45) is 9.73. The van der Waals surface area contributed by atoms with E-state index in [0.29, 0.717) is 19.6 Å². The lowest BCUT2D eigenvalue weighted by Crippen LogP contribution is -2.29. The SMILES string of the molecule is CC(=O)OC1C=Cc2c(c(C)c(-c3ccc(O)cc3)n2Cc2ccc(OCCN3CCCCCC3)cc2)C1. The summed E-state index contributed by atoms with van der Waals surface area (Å²) in [5, 5.41) is 9.85. The third-order valence-electron chi connectivity index (χ3n) is 7.65. The first-order valence-corrected chi connectivity index (χ1v) is 13.8. The summed E-state index contributed by atoms with van der Waals surface area (Å²) in [6, 6.07) is 15.7. The molecule has 0 amide bonds. The van der Waals surface area contributed by atoms with E-state index in [-0.39, 0.29) is 17.8 Å². The molecule has 0 saturated carbocycles. The summed E-state index contributed by atoms with van der Waals surface area (Å²) in [5.41, 5.74) is 6.82. The van der Waals surface area contributed by atoms with Crippen molar-refractivity contribution in [1.29, 1.82) is 0 Å². The van der Waals surface area contributed by atoms with Crippen molar-refractivity contribution in [3.8, 4) is 22.8 Å². The van der Waals surface area contributed by atoms with E-state index in [9.17, 15) is 9.90 Å². The zero-order valence-corrected chi connectivity index (χ0v) is 22.5. The normalized spacial score (nSPS) is 17.6. The third-order valence-corrected chi connectivity index (χ3v) is 7.65. The Bertz CT molecular complexity index is 1270. The molecule has 5 rings (SSSR count). The lowest BCUT2D eigenvalue weighted by molar-refractivity contribution is -0.144. The number of aromatic hydroxyl groups is 1. The minimum atomic E-state index is -0.271. The Balaban J connectivity index is 1.34. The lowest BCUT2D eigenvalue weighted by Gasteiger charge is -2.20. The lowest BCUT2D eigenvalue weighted by atomic mass is 9.97. The maximum atomic E-state index is 11.6. The summed E-state index contributed by atoms with van der Waals surface area (Å²) < 4.78 is 13.9. The van der Waals surface area contributed by atoms with E-state index < -0.39 is 0 Å². The number of esters is 1. The van der Waals surface area contributed by atoms with Gasteiger partial charge in [0.2, 0.25) is 0 Å². The number of phenolic OH excluding ortho intramolecular Hbond substituents is 1. The minimum absolute atomic E-state index is 0.246. The van der Waals surface area contributed by atoms with Crippen LogP contribution >= 0.6 is 0 Å². The highest BCUT2D eigenvalue weighted by molar-refractivity contribution is 5.74. The van der Waals surface area contributed by atoms with Gasteiger partial charge in [0.25, 0.3) is 0 Å². The van der Waals surface area contributed by atoms with E-state index in [4.69, 9.17) is 9.47 Å². The Morgan fingerprint density at radius 1 is 1.00 bits per heavy atom. The minimum Gasteiger partial charge on any atom is -0.508 e. The molecule has 0 bridgehead atoms. The molecular formula is C32H38N2O4. The first-order valence-electron chi connectivity index (χ1n) is 13.8. The maximum absolute atomic E-state index is 11.6. The van der Waals surface area contributed by atoms with Gasteiger partial charge < -0.3 is 19.1 Å². The highest BCUT2D eigenvalue weighted by atomic mass is 16.5. The molecule has 1 saturated heterocycles. The Morgan fingerprint density at radius 3 is 2.39 bits per heavy atom. The summed E-state index contributed by atoms with van der Waals surface area (Å²) in [6.45, 7) is 8.33. The number of likely N-dealkylation sites (tertiary alicyclic amines) is 1. The number of phenols is 1. The number of carbonyl (C=O) groups is 1. The van der Waals surface area contributed by atoms with Crippen LogP contribution in [0.2, 0.25) is 0 Å². The number of hydrogen-bond acceptors (Lipinski definition) is 5. The molecule has 1 fully saturated rings. The Morgan fingerprint density at radius 2 is 1.71 bits per heavy atom. The predicted molar refractivity (Wildman–Crippen MR) is 151 cm³/mol. The average molecular weight is 515 g/mol. The number of carbonyl (C=O) groups excluding carboxylic acids is 1. The molecule has 6 nitrogen and oxygen atoms in total. The van der Waals surface area contributed by atoms with E-state index in [1.165, 1.54) is 62.4 Å². The number of ether oxygens (including phenoxy) is 2. The van der Waals surface area contributed by atoms with Gasteiger partial charge in [0.15, 0.2) is 0 Å². The van der Waals surface area contributed by atoms with E-state index in [1.54, 1.807) is 12.1 Å². The molecule has 1 aliphatic heterocycles. The van der Waals surface area contributed by atoms with Gasteiger partial charge in [-0.2, -0.15) is 0 Å². The second kappa shape index (κ2) is 11.9. The van der Waals surface area contributed by atoms with Gasteiger partial charge in [-0.3, -0.25) is 9.69 Å². The van der Waals surface area contributed by atoms with Crippen molar-refractivity contribution in [3.05, 3.63) is 77.0 Å². The Labute approximate surface area is 225 Å². The zero-order valence-electron chi connectivity index (χ0n) is 22.5. The topological polar surface area (TPSA) is 63.9 Å². The number of nitrogens with zero attached hydrogens (tertiary/aromatic N) is 2. The van der Waals surface area contributed by atoms with Crippen LogP contribution in [0.1, 0.15) is 55.0 Å². The predicted octanol–water partition coefficient (Wildman–Crippen LogP) is 5.97. The fourth-order valence-electron chi connectivity index (χ4n) is 5.71. The van der Waals surface area contributed by atoms with Gasteiger partial charge >= 0.3 is 5.97 Å². The monoisotopic (exact) mass is 514 g/mol. The van der Waals surface area contributed by atoms with Crippen molar-refractivity contribution < 1.29 is 19.4 Å². The number of benzene rings is 2. The fourth-order valence-corrected chi connectivity index (χ4v) is 5.71. The van der Waals surface area contributed by atoms with Crippen molar-refractivity contribution in [2.45, 2.75) is 58.6 Å². The molecule has 3 aromatic rings. The first-order chi connectivity index (χ1) is 18.5. The van der Waals surface area contributed by atoms with E-state index >= 15 is 0 Å². The molecule has 0 spiro atoms. The Hall–Kier alpha value is -3.51. The molecule has 1 atom stereocenters. The van der Waals surface area contributed by atoms with Crippen LogP contribution in [0.15, 0.2) is 54.6 Å². The molecule has 2 heterocycles. The van der Waals surface area contributed by atoms with E-state index in [0.717, 1.165) is 29.2 Å². The number of hydrogen-bond donors (Lipinski definition) is 1. The second-order valence-electron chi connectivity index (χ2n) is 10.4. The van der Waals surface area contributed by atoms with Gasteiger partial charge in [0.05, 0.1) is 5.69 Å². The molecule has 0 radical (unpaired) electrons. The molecule has 38 heavy (non-hydrogen) atoms. The maximum Gasteiger partial charge on any atom is 0.303 e. The van der Waals surface area contributed by atoms with Crippen LogP contribution < -0.4 is 4.74 Å². The van der Waals surface area contributed by atoms with Crippen LogP contribution in [0.25, 0.3) is 17.3 Å². The van der Waals surface area contributed by atoms with Crippen molar-refractivity contribution in [3.63, 3.8) is 0 Å². The summed E-state index contributed by atoms with van der Waals surface area (Å²) in [5.74, 6) is 0.875. The molecule has 1 aliphatic carbocycles. The van der Waals surface area contributed by atoms with Gasteiger partial charge in [-0.1, -0.05) is 25.0 Å². The van der Waals surface area contributed by atoms with Gasteiger partial charge in [-0.15, -0.1) is 0 Å². The largest absolute Gasteiger partial charge is 0.508 e. The van der Waals surface area contributed by atoms with Crippen molar-refractivity contribution in [2.75, 3.05) is 26.2 Å². The fraction of sp³-hybridized carbons (Fsp3) is 0.406. The quantitative estimate of drug-likeness (QED) is 0.375. The number of rotatable bonds is 8. The van der Waals surface area contributed by atoms with Crippen LogP contribution in [0.4, 0.5) is 0 Å². The molecule has 1 aromatic heterocycles. The zero-order chi connectivity index (χ0) is 26.5. The van der Waals surface area contributed by atoms with Crippen molar-refractivity contribution in [2.24, 2.45) is 0 Å². The van der Waals surface area contributed by atoms with Crippen molar-refractivity contribution >= 4 is 12.0 Å². The summed E-state index contributed by atoms with van der Waals surface area (Å²) in [4.78, 5) is 14.1. The molecular weight excluding hydrogens is 476 g/mol. The van der Waals surface area contributed by atoms with Gasteiger partial charge in [-0.25, -0.2) is 0 Å². The van der Waals surface area contributed by atoms with Crippen LogP contribution in [0.5, 0.6) is 11.5 Å². The highest BCUT2D eigenvalue weighted by Gasteiger charge is 2.26. The molecule has 2 aromatic carbocycles. The highest BCUT2D eigenvalue weighted by Crippen LogP contribution is 2.36. The molecule has 1 unspecified atom stereocenters. The summed E-state index contributed by atoms with van der Waals surface area (Å²) >= 11 is 0. The van der Waals surface area contributed by atoms with Gasteiger partial charge in [0.1, 0.15) is 24.2 Å². The van der Waals surface area contributed by atoms with Gasteiger partial charge in [-0.05, 0) is 104 Å². The van der Waals surface area contributed by atoms with Crippen LogP contribution in [-0.4, -0.2) is 52.9 Å². The van der Waals surface area contributed by atoms with E-state index in [1.807, 2.05) is 18.2 Å². The molecule has 2 aliphatic rings. The van der Waals surface area contributed by atoms with Gasteiger partial charge in [0, 0.05) is 32.1 Å². The smallest absolute Gasteiger partial charge is 0.303 e. The molecule has 6 heteroatoms. The second-order valence-corrected chi connectivity index (χ2v) is 10.4. The molecule has 1 N–H and O–H groups in total. The number of fused-ring (bicyclic) bond motifs is 1. The van der Waals surface area contributed by atoms with Crippen LogP contribution in [0.3, 0.4) is 0 Å². The summed E-state index contributed by atoms with van der Waals surface area (Å²) in [7, 11) is 0. The third kappa shape index (κ3) is 6.13. The number of aromatic nitrogens is 1.